The third kappa shape index (κ3) is 2.18. The standard InChI is InChI=1S/C13H12N6O2/c14-5-7-3-8(4-7)18-13(21)10-1-2-16-12-9(11(15)20)6-17-19(10)12/h1-2,6-8H,3-4H2,(H2,15,20)(H,18,21). The molecule has 21 heavy (non-hydrogen) atoms. The molecule has 3 rings (SSSR count). The van der Waals surface area contributed by atoms with Crippen LogP contribution in [0, 0.1) is 17.2 Å². The number of fused-ring (bicyclic) bond motifs is 1. The van der Waals surface area contributed by atoms with Crippen molar-refractivity contribution in [3.63, 3.8) is 0 Å². The van der Waals surface area contributed by atoms with Crippen LogP contribution in [0.5, 0.6) is 0 Å². The molecule has 2 heterocycles. The number of amides is 2. The van der Waals surface area contributed by atoms with Gasteiger partial charge in [-0.3, -0.25) is 9.59 Å². The summed E-state index contributed by atoms with van der Waals surface area (Å²) in [4.78, 5) is 27.5. The average Bonchev–Trinajstić information content (AvgIpc) is 2.85. The lowest BCUT2D eigenvalue weighted by molar-refractivity contribution is 0.0895. The molecule has 8 heteroatoms. The van der Waals surface area contributed by atoms with Crippen LogP contribution in [-0.2, 0) is 0 Å². The Balaban J connectivity index is 1.85. The number of aromatic nitrogens is 3. The molecule has 2 aromatic heterocycles. The number of hydrogen-bond donors (Lipinski definition) is 2. The van der Waals surface area contributed by atoms with E-state index in [1.165, 1.54) is 23.0 Å². The number of hydrogen-bond acceptors (Lipinski definition) is 5. The average molecular weight is 284 g/mol. The first-order valence-corrected chi connectivity index (χ1v) is 6.43. The summed E-state index contributed by atoms with van der Waals surface area (Å²) in [6.45, 7) is 0. The van der Waals surface area contributed by atoms with Crippen LogP contribution in [-0.4, -0.2) is 32.5 Å². The van der Waals surface area contributed by atoms with Crippen molar-refractivity contribution in [1.29, 1.82) is 5.26 Å². The molecule has 0 aromatic carbocycles. The smallest absolute Gasteiger partial charge is 0.270 e. The highest BCUT2D eigenvalue weighted by atomic mass is 16.2. The molecule has 0 saturated heterocycles. The number of nitriles is 1. The van der Waals surface area contributed by atoms with E-state index in [9.17, 15) is 9.59 Å². The Morgan fingerprint density at radius 1 is 1.48 bits per heavy atom. The summed E-state index contributed by atoms with van der Waals surface area (Å²) in [5.74, 6) is -0.951. The molecule has 106 valence electrons. The summed E-state index contributed by atoms with van der Waals surface area (Å²) >= 11 is 0. The van der Waals surface area contributed by atoms with E-state index in [1.54, 1.807) is 0 Å². The zero-order chi connectivity index (χ0) is 15.0. The number of primary amides is 1. The molecule has 0 radical (unpaired) electrons. The van der Waals surface area contributed by atoms with Crippen LogP contribution in [0.15, 0.2) is 18.5 Å². The second kappa shape index (κ2) is 4.86. The Labute approximate surface area is 119 Å². The molecule has 1 aliphatic carbocycles. The summed E-state index contributed by atoms with van der Waals surface area (Å²) in [5.41, 5.74) is 5.91. The van der Waals surface area contributed by atoms with Gasteiger partial charge in [0, 0.05) is 12.2 Å². The van der Waals surface area contributed by atoms with Crippen LogP contribution in [0.3, 0.4) is 0 Å². The monoisotopic (exact) mass is 284 g/mol. The van der Waals surface area contributed by atoms with Crippen LogP contribution >= 0.6 is 0 Å². The first-order chi connectivity index (χ1) is 10.1. The predicted molar refractivity (Wildman–Crippen MR) is 71.1 cm³/mol. The zero-order valence-electron chi connectivity index (χ0n) is 11.0. The van der Waals surface area contributed by atoms with Crippen molar-refractivity contribution < 1.29 is 9.59 Å². The van der Waals surface area contributed by atoms with Crippen molar-refractivity contribution >= 4 is 17.5 Å². The van der Waals surface area contributed by atoms with E-state index in [0.717, 1.165) is 0 Å². The summed E-state index contributed by atoms with van der Waals surface area (Å²) < 4.78 is 1.29. The summed E-state index contributed by atoms with van der Waals surface area (Å²) in [7, 11) is 0. The predicted octanol–water partition coefficient (Wildman–Crippen LogP) is -0.140. The van der Waals surface area contributed by atoms with E-state index in [-0.39, 0.29) is 34.8 Å². The molecule has 8 nitrogen and oxygen atoms in total. The van der Waals surface area contributed by atoms with Gasteiger partial charge in [0.25, 0.3) is 11.8 Å². The Bertz CT molecular complexity index is 769. The normalized spacial score (nSPS) is 20.5. The topological polar surface area (TPSA) is 126 Å². The Morgan fingerprint density at radius 2 is 2.24 bits per heavy atom. The molecule has 0 spiro atoms. The molecule has 0 aliphatic heterocycles. The molecule has 0 unspecified atom stereocenters. The van der Waals surface area contributed by atoms with Gasteiger partial charge in [-0.1, -0.05) is 0 Å². The van der Waals surface area contributed by atoms with Gasteiger partial charge in [0.1, 0.15) is 11.3 Å². The molecule has 2 amide bonds. The fraction of sp³-hybridized carbons (Fsp3) is 0.308. The van der Waals surface area contributed by atoms with Gasteiger partial charge < -0.3 is 11.1 Å². The largest absolute Gasteiger partial charge is 0.365 e. The van der Waals surface area contributed by atoms with E-state index in [4.69, 9.17) is 11.0 Å². The third-order valence-electron chi connectivity index (χ3n) is 3.56. The summed E-state index contributed by atoms with van der Waals surface area (Å²) in [6.07, 6.45) is 4.03. The molecule has 1 fully saturated rings. The van der Waals surface area contributed by atoms with Crippen LogP contribution in [0.4, 0.5) is 0 Å². The van der Waals surface area contributed by atoms with Gasteiger partial charge in [-0.25, -0.2) is 9.50 Å². The molecule has 0 bridgehead atoms. The fourth-order valence-electron chi connectivity index (χ4n) is 2.34. The fourth-order valence-corrected chi connectivity index (χ4v) is 2.34. The van der Waals surface area contributed by atoms with Crippen LogP contribution < -0.4 is 11.1 Å². The van der Waals surface area contributed by atoms with Gasteiger partial charge in [0.15, 0.2) is 5.65 Å². The minimum Gasteiger partial charge on any atom is -0.365 e. The number of nitrogens with one attached hydrogen (secondary N) is 1. The van der Waals surface area contributed by atoms with Gasteiger partial charge in [-0.05, 0) is 18.9 Å². The minimum absolute atomic E-state index is 0.00321. The lowest BCUT2D eigenvalue weighted by atomic mass is 9.81. The molecular formula is C13H12N6O2. The molecule has 2 aromatic rings. The van der Waals surface area contributed by atoms with E-state index >= 15 is 0 Å². The van der Waals surface area contributed by atoms with Crippen molar-refractivity contribution in [2.24, 2.45) is 11.7 Å². The number of nitrogens with two attached hydrogens (primary N) is 1. The maximum atomic E-state index is 12.2. The third-order valence-corrected chi connectivity index (χ3v) is 3.56. The zero-order valence-corrected chi connectivity index (χ0v) is 11.0. The van der Waals surface area contributed by atoms with E-state index in [2.05, 4.69) is 21.5 Å². The highest BCUT2D eigenvalue weighted by molar-refractivity contribution is 5.99. The van der Waals surface area contributed by atoms with Gasteiger partial charge in [0.05, 0.1) is 18.2 Å². The molecular weight excluding hydrogens is 272 g/mol. The Morgan fingerprint density at radius 3 is 2.90 bits per heavy atom. The number of rotatable bonds is 3. The van der Waals surface area contributed by atoms with Crippen molar-refractivity contribution in [2.45, 2.75) is 18.9 Å². The molecule has 1 saturated carbocycles. The molecule has 3 N–H and O–H groups in total. The van der Waals surface area contributed by atoms with E-state index in [1.807, 2.05) is 0 Å². The number of carbonyl (C=O) groups is 2. The SMILES string of the molecule is N#CC1CC(NC(=O)c2ccnc3c(C(N)=O)cnn23)C1. The van der Waals surface area contributed by atoms with Crippen molar-refractivity contribution in [1.82, 2.24) is 19.9 Å². The quantitative estimate of drug-likeness (QED) is 0.811. The van der Waals surface area contributed by atoms with Gasteiger partial charge in [0.2, 0.25) is 0 Å². The Hall–Kier alpha value is -2.95. The maximum absolute atomic E-state index is 12.2. The first kappa shape index (κ1) is 13.1. The number of nitrogens with zero attached hydrogens (tertiary/aromatic N) is 4. The number of carbonyl (C=O) groups excluding carboxylic acids is 2. The molecule has 0 atom stereocenters. The van der Waals surface area contributed by atoms with E-state index < -0.39 is 5.91 Å². The van der Waals surface area contributed by atoms with Gasteiger partial charge in [-0.2, -0.15) is 10.4 Å². The van der Waals surface area contributed by atoms with Crippen LogP contribution in [0.25, 0.3) is 5.65 Å². The van der Waals surface area contributed by atoms with E-state index in [0.29, 0.717) is 12.8 Å². The highest BCUT2D eigenvalue weighted by Crippen LogP contribution is 2.26. The minimum atomic E-state index is -0.647. The van der Waals surface area contributed by atoms with Crippen LogP contribution in [0.1, 0.15) is 33.7 Å². The van der Waals surface area contributed by atoms with Crippen molar-refractivity contribution in [2.75, 3.05) is 0 Å². The van der Waals surface area contributed by atoms with Gasteiger partial charge >= 0.3 is 0 Å². The van der Waals surface area contributed by atoms with Crippen molar-refractivity contribution in [3.05, 3.63) is 29.7 Å². The highest BCUT2D eigenvalue weighted by Gasteiger charge is 2.31. The Kier molecular flexibility index (Phi) is 3.02. The lowest BCUT2D eigenvalue weighted by Gasteiger charge is -2.31. The second-order valence-corrected chi connectivity index (χ2v) is 4.96. The first-order valence-electron chi connectivity index (χ1n) is 6.43. The van der Waals surface area contributed by atoms with Crippen LogP contribution in [0.2, 0.25) is 0 Å². The summed E-state index contributed by atoms with van der Waals surface area (Å²) in [6, 6.07) is 3.67. The second-order valence-electron chi connectivity index (χ2n) is 4.96. The van der Waals surface area contributed by atoms with Crippen molar-refractivity contribution in [3.8, 4) is 6.07 Å². The molecule has 1 aliphatic rings. The lowest BCUT2D eigenvalue weighted by Crippen LogP contribution is -2.44. The summed E-state index contributed by atoms with van der Waals surface area (Å²) in [5, 5.41) is 15.5. The van der Waals surface area contributed by atoms with Gasteiger partial charge in [-0.15, -0.1) is 0 Å². The maximum Gasteiger partial charge on any atom is 0.270 e.